The van der Waals surface area contributed by atoms with Gasteiger partial charge in [-0.2, -0.15) is 0 Å². The van der Waals surface area contributed by atoms with Crippen LogP contribution < -0.4 is 4.74 Å². The third-order valence-corrected chi connectivity index (χ3v) is 3.38. The highest BCUT2D eigenvalue weighted by molar-refractivity contribution is 5.38. The molecule has 1 aromatic rings. The number of aryl methyl sites for hydroxylation is 1. The Morgan fingerprint density at radius 2 is 2.17 bits per heavy atom. The van der Waals surface area contributed by atoms with Gasteiger partial charge in [-0.25, -0.2) is 0 Å². The molecule has 1 aromatic carbocycles. The van der Waals surface area contributed by atoms with E-state index in [1.807, 2.05) is 18.2 Å². The number of aliphatic hydroxyl groups is 2. The first kappa shape index (κ1) is 13.4. The van der Waals surface area contributed by atoms with Crippen LogP contribution in [-0.4, -0.2) is 22.4 Å². The van der Waals surface area contributed by atoms with E-state index in [1.165, 1.54) is 5.56 Å². The smallest absolute Gasteiger partial charge is 0.119 e. The summed E-state index contributed by atoms with van der Waals surface area (Å²) in [5.41, 5.74) is 1.53. The average molecular weight is 250 g/mol. The van der Waals surface area contributed by atoms with Gasteiger partial charge in [-0.05, 0) is 56.4 Å². The Morgan fingerprint density at radius 1 is 1.39 bits per heavy atom. The zero-order valence-electron chi connectivity index (χ0n) is 11.1. The monoisotopic (exact) mass is 250 g/mol. The zero-order valence-corrected chi connectivity index (χ0v) is 11.1. The van der Waals surface area contributed by atoms with E-state index >= 15 is 0 Å². The highest BCUT2D eigenvalue weighted by Crippen LogP contribution is 2.32. The third-order valence-electron chi connectivity index (χ3n) is 3.38. The summed E-state index contributed by atoms with van der Waals surface area (Å²) in [6.45, 7) is 4.03. The number of benzene rings is 1. The molecule has 100 valence electrons. The molecule has 2 rings (SSSR count). The van der Waals surface area contributed by atoms with Crippen LogP contribution in [-0.2, 0) is 6.42 Å². The molecular weight excluding hydrogens is 228 g/mol. The van der Waals surface area contributed by atoms with E-state index in [0.717, 1.165) is 30.6 Å². The molecule has 1 atom stereocenters. The van der Waals surface area contributed by atoms with Crippen molar-refractivity contribution in [3.05, 3.63) is 29.3 Å². The Bertz CT molecular complexity index is 407. The van der Waals surface area contributed by atoms with Gasteiger partial charge in [-0.3, -0.25) is 0 Å². The Balaban J connectivity index is 2.00. The van der Waals surface area contributed by atoms with Gasteiger partial charge in [-0.1, -0.05) is 6.07 Å². The topological polar surface area (TPSA) is 49.7 Å². The van der Waals surface area contributed by atoms with E-state index in [2.05, 4.69) is 0 Å². The van der Waals surface area contributed by atoms with Gasteiger partial charge >= 0.3 is 0 Å². The van der Waals surface area contributed by atoms with Crippen LogP contribution in [0.5, 0.6) is 5.75 Å². The van der Waals surface area contributed by atoms with Crippen molar-refractivity contribution < 1.29 is 14.9 Å². The molecule has 0 aromatic heterocycles. The highest BCUT2D eigenvalue weighted by Gasteiger charge is 2.18. The Hall–Kier alpha value is -1.06. The molecular formula is C15H22O3. The van der Waals surface area contributed by atoms with Crippen LogP contribution in [0.25, 0.3) is 0 Å². The molecule has 0 spiro atoms. The highest BCUT2D eigenvalue weighted by atomic mass is 16.5. The average Bonchev–Trinajstić information content (AvgIpc) is 2.28. The van der Waals surface area contributed by atoms with Gasteiger partial charge in [0.15, 0.2) is 0 Å². The maximum atomic E-state index is 9.94. The van der Waals surface area contributed by atoms with Crippen LogP contribution in [0.2, 0.25) is 0 Å². The van der Waals surface area contributed by atoms with Crippen molar-refractivity contribution in [1.82, 2.24) is 0 Å². The van der Waals surface area contributed by atoms with Gasteiger partial charge in [0.05, 0.1) is 18.3 Å². The molecule has 0 radical (unpaired) electrons. The summed E-state index contributed by atoms with van der Waals surface area (Å²) in [7, 11) is 0. The van der Waals surface area contributed by atoms with Gasteiger partial charge in [-0.15, -0.1) is 0 Å². The first-order chi connectivity index (χ1) is 8.46. The van der Waals surface area contributed by atoms with Crippen LogP contribution >= 0.6 is 0 Å². The van der Waals surface area contributed by atoms with Gasteiger partial charge in [0, 0.05) is 6.42 Å². The Kier molecular flexibility index (Phi) is 3.93. The molecule has 1 aliphatic rings. The van der Waals surface area contributed by atoms with Crippen LogP contribution in [0, 0.1) is 0 Å². The second-order valence-corrected chi connectivity index (χ2v) is 5.68. The van der Waals surface area contributed by atoms with Crippen molar-refractivity contribution in [2.45, 2.75) is 51.2 Å². The van der Waals surface area contributed by atoms with E-state index < -0.39 is 5.60 Å². The first-order valence-corrected chi connectivity index (χ1v) is 6.62. The molecule has 0 fully saturated rings. The molecule has 0 heterocycles. The van der Waals surface area contributed by atoms with Gasteiger partial charge in [0.2, 0.25) is 0 Å². The standard InChI is InChI=1S/C15H22O3/c1-15(2,17)8-9-18-12-7-6-11-4-3-5-14(16)13(11)10-12/h6-7,10,14,16-17H,3-5,8-9H2,1-2H3. The van der Waals surface area contributed by atoms with Crippen molar-refractivity contribution in [3.8, 4) is 5.75 Å². The van der Waals surface area contributed by atoms with Crippen molar-refractivity contribution in [3.63, 3.8) is 0 Å². The molecule has 3 heteroatoms. The lowest BCUT2D eigenvalue weighted by molar-refractivity contribution is 0.0552. The maximum Gasteiger partial charge on any atom is 0.119 e. The largest absolute Gasteiger partial charge is 0.493 e. The predicted molar refractivity (Wildman–Crippen MR) is 70.7 cm³/mol. The lowest BCUT2D eigenvalue weighted by Gasteiger charge is -2.22. The van der Waals surface area contributed by atoms with Crippen LogP contribution in [0.15, 0.2) is 18.2 Å². The number of fused-ring (bicyclic) bond motifs is 1. The minimum atomic E-state index is -0.701. The molecule has 18 heavy (non-hydrogen) atoms. The number of hydrogen-bond acceptors (Lipinski definition) is 3. The summed E-state index contributed by atoms with van der Waals surface area (Å²) in [6, 6.07) is 5.92. The predicted octanol–water partition coefficient (Wildman–Crippen LogP) is 2.60. The first-order valence-electron chi connectivity index (χ1n) is 6.62. The number of ether oxygens (including phenoxy) is 1. The number of rotatable bonds is 4. The van der Waals surface area contributed by atoms with Gasteiger partial charge < -0.3 is 14.9 Å². The van der Waals surface area contributed by atoms with E-state index in [4.69, 9.17) is 4.74 Å². The number of aliphatic hydroxyl groups excluding tert-OH is 1. The molecule has 3 nitrogen and oxygen atoms in total. The summed E-state index contributed by atoms with van der Waals surface area (Å²) in [5, 5.41) is 19.6. The van der Waals surface area contributed by atoms with E-state index in [-0.39, 0.29) is 6.10 Å². The maximum absolute atomic E-state index is 9.94. The molecule has 2 N–H and O–H groups in total. The molecule has 1 unspecified atom stereocenters. The number of hydrogen-bond donors (Lipinski definition) is 2. The quantitative estimate of drug-likeness (QED) is 0.863. The fourth-order valence-electron chi connectivity index (χ4n) is 2.26. The summed E-state index contributed by atoms with van der Waals surface area (Å²) < 4.78 is 5.63. The SMILES string of the molecule is CC(C)(O)CCOc1ccc2c(c1)C(O)CCC2. The molecule has 0 bridgehead atoms. The summed E-state index contributed by atoms with van der Waals surface area (Å²) in [4.78, 5) is 0. The van der Waals surface area contributed by atoms with Crippen molar-refractivity contribution in [2.24, 2.45) is 0 Å². The summed E-state index contributed by atoms with van der Waals surface area (Å²) in [5.74, 6) is 0.777. The van der Waals surface area contributed by atoms with Crippen LogP contribution in [0.1, 0.15) is 50.3 Å². The molecule has 0 amide bonds. The molecule has 1 aliphatic carbocycles. The second-order valence-electron chi connectivity index (χ2n) is 5.68. The van der Waals surface area contributed by atoms with Crippen molar-refractivity contribution in [2.75, 3.05) is 6.61 Å². The Labute approximate surface area is 108 Å². The third kappa shape index (κ3) is 3.47. The second kappa shape index (κ2) is 5.29. The van der Waals surface area contributed by atoms with Gasteiger partial charge in [0.25, 0.3) is 0 Å². The summed E-state index contributed by atoms with van der Waals surface area (Å²) >= 11 is 0. The van der Waals surface area contributed by atoms with E-state index in [9.17, 15) is 10.2 Å². The minimum absolute atomic E-state index is 0.355. The van der Waals surface area contributed by atoms with Gasteiger partial charge in [0.1, 0.15) is 5.75 Å². The lowest BCUT2D eigenvalue weighted by Crippen LogP contribution is -2.21. The molecule has 0 saturated heterocycles. The molecule has 0 aliphatic heterocycles. The molecule has 0 saturated carbocycles. The van der Waals surface area contributed by atoms with Crippen LogP contribution in [0.3, 0.4) is 0 Å². The fourth-order valence-corrected chi connectivity index (χ4v) is 2.26. The summed E-state index contributed by atoms with van der Waals surface area (Å²) in [6.07, 6.45) is 3.16. The fraction of sp³-hybridized carbons (Fsp3) is 0.600. The lowest BCUT2D eigenvalue weighted by atomic mass is 9.89. The van der Waals surface area contributed by atoms with Crippen molar-refractivity contribution in [1.29, 1.82) is 0 Å². The van der Waals surface area contributed by atoms with E-state index in [1.54, 1.807) is 13.8 Å². The zero-order chi connectivity index (χ0) is 13.2. The minimum Gasteiger partial charge on any atom is -0.493 e. The van der Waals surface area contributed by atoms with E-state index in [0.29, 0.717) is 13.0 Å². The van der Waals surface area contributed by atoms with Crippen LogP contribution in [0.4, 0.5) is 0 Å². The Morgan fingerprint density at radius 3 is 2.89 bits per heavy atom. The normalized spacial score (nSPS) is 19.4. The van der Waals surface area contributed by atoms with Crippen molar-refractivity contribution >= 4 is 0 Å².